The molecule has 1 aromatic rings. The van der Waals surface area contributed by atoms with Crippen molar-refractivity contribution in [3.63, 3.8) is 0 Å². The third-order valence-electron chi connectivity index (χ3n) is 7.33. The van der Waals surface area contributed by atoms with Gasteiger partial charge in [0.05, 0.1) is 11.8 Å². The third-order valence-corrected chi connectivity index (χ3v) is 7.33. The monoisotopic (exact) mass is 491 g/mol. The second-order valence-corrected chi connectivity index (χ2v) is 9.84. The highest BCUT2D eigenvalue weighted by Crippen LogP contribution is 2.29. The molecule has 2 aliphatic heterocycles. The van der Waals surface area contributed by atoms with Gasteiger partial charge in [0.1, 0.15) is 6.04 Å². The molecule has 1 aromatic carbocycles. The first kappa shape index (κ1) is 27.1. The molecule has 0 radical (unpaired) electrons. The van der Waals surface area contributed by atoms with Gasteiger partial charge in [0.15, 0.2) is 5.82 Å². The van der Waals surface area contributed by atoms with Gasteiger partial charge in [0, 0.05) is 38.2 Å². The third kappa shape index (κ3) is 7.24. The van der Waals surface area contributed by atoms with Gasteiger partial charge in [0.2, 0.25) is 18.2 Å². The van der Waals surface area contributed by atoms with Crippen molar-refractivity contribution >= 4 is 23.9 Å². The van der Waals surface area contributed by atoms with E-state index in [2.05, 4.69) is 5.32 Å². The molecular weight excluding hydrogens is 453 g/mol. The number of nitrogens with one attached hydrogen (secondary N) is 1. The summed E-state index contributed by atoms with van der Waals surface area (Å²) in [5, 5.41) is 20.6. The molecule has 2 saturated heterocycles. The van der Waals surface area contributed by atoms with E-state index in [9.17, 15) is 19.5 Å². The van der Waals surface area contributed by atoms with Crippen LogP contribution >= 0.6 is 0 Å². The molecule has 2 heterocycles. The lowest BCUT2D eigenvalue weighted by molar-refractivity contribution is -0.141. The number of aliphatic hydroxyl groups is 2. The fraction of sp³-hybridized carbons (Fsp3) is 0.654. The van der Waals surface area contributed by atoms with Crippen molar-refractivity contribution in [2.45, 2.75) is 83.4 Å². The van der Waals surface area contributed by atoms with E-state index in [0.717, 1.165) is 0 Å². The fourth-order valence-corrected chi connectivity index (χ4v) is 5.02. The number of hydrogen-bond acceptors (Lipinski definition) is 6. The number of aryl methyl sites for hydroxylation is 1. The molecule has 3 fully saturated rings. The van der Waals surface area contributed by atoms with Gasteiger partial charge in [-0.2, -0.15) is 0 Å². The summed E-state index contributed by atoms with van der Waals surface area (Å²) in [7, 11) is 0. The summed E-state index contributed by atoms with van der Waals surface area (Å²) in [6.07, 6.45) is 8.31. The van der Waals surface area contributed by atoms with Gasteiger partial charge in [-0.1, -0.05) is 25.3 Å². The number of carbonyl (C=O) groups is 3. The number of imide groups is 1. The second-order valence-electron chi connectivity index (χ2n) is 9.84. The smallest absolute Gasteiger partial charge is 0.249 e. The number of halogens is 1. The summed E-state index contributed by atoms with van der Waals surface area (Å²) >= 11 is 0. The molecule has 1 unspecified atom stereocenters. The number of piperidine rings is 2. The van der Waals surface area contributed by atoms with Crippen molar-refractivity contribution < 1.29 is 29.0 Å². The molecule has 0 spiro atoms. The van der Waals surface area contributed by atoms with Crippen LogP contribution < -0.4 is 10.2 Å². The van der Waals surface area contributed by atoms with E-state index in [0.29, 0.717) is 61.7 Å². The Morgan fingerprint density at radius 1 is 1.11 bits per heavy atom. The number of rotatable bonds is 6. The Morgan fingerprint density at radius 3 is 2.37 bits per heavy atom. The predicted molar refractivity (Wildman–Crippen MR) is 130 cm³/mol. The molecule has 1 saturated carbocycles. The Morgan fingerprint density at radius 2 is 1.80 bits per heavy atom. The lowest BCUT2D eigenvalue weighted by Gasteiger charge is -2.33. The highest BCUT2D eigenvalue weighted by atomic mass is 19.1. The van der Waals surface area contributed by atoms with Crippen molar-refractivity contribution in [1.82, 2.24) is 10.2 Å². The van der Waals surface area contributed by atoms with Gasteiger partial charge in [-0.25, -0.2) is 4.39 Å². The highest BCUT2D eigenvalue weighted by Gasteiger charge is 2.32. The predicted octanol–water partition coefficient (Wildman–Crippen LogP) is 2.42. The maximum Gasteiger partial charge on any atom is 0.249 e. The number of amides is 3. The molecule has 3 aliphatic rings. The van der Waals surface area contributed by atoms with Crippen molar-refractivity contribution in [3.8, 4) is 0 Å². The Labute approximate surface area is 206 Å². The average Bonchev–Trinajstić information content (AvgIpc) is 2.86. The quantitative estimate of drug-likeness (QED) is 0.417. The summed E-state index contributed by atoms with van der Waals surface area (Å²) in [6, 6.07) is 2.72. The summed E-state index contributed by atoms with van der Waals surface area (Å²) in [6.45, 7) is 3.25. The Bertz CT molecular complexity index is 882. The maximum atomic E-state index is 15.2. The van der Waals surface area contributed by atoms with E-state index in [4.69, 9.17) is 5.11 Å². The van der Waals surface area contributed by atoms with Crippen LogP contribution in [0.25, 0.3) is 0 Å². The first-order valence-corrected chi connectivity index (χ1v) is 12.7. The SMILES string of the molecule is Cc1ccc(N2CCC(O)CC2)c(F)c1CN(C=O)C1CCC(=O)NC1=O.OCC1CCCCC1. The van der Waals surface area contributed by atoms with Crippen LogP contribution in [0, 0.1) is 18.7 Å². The van der Waals surface area contributed by atoms with Gasteiger partial charge in [0.25, 0.3) is 0 Å². The van der Waals surface area contributed by atoms with Crippen LogP contribution in [0.1, 0.15) is 68.9 Å². The van der Waals surface area contributed by atoms with Gasteiger partial charge in [-0.15, -0.1) is 0 Å². The van der Waals surface area contributed by atoms with Crippen molar-refractivity contribution in [1.29, 1.82) is 0 Å². The fourth-order valence-electron chi connectivity index (χ4n) is 5.02. The van der Waals surface area contributed by atoms with Crippen LogP contribution in [-0.4, -0.2) is 65.2 Å². The summed E-state index contributed by atoms with van der Waals surface area (Å²) in [4.78, 5) is 38.1. The minimum Gasteiger partial charge on any atom is -0.396 e. The Hall–Kier alpha value is -2.52. The van der Waals surface area contributed by atoms with E-state index in [1.807, 2.05) is 4.90 Å². The number of benzene rings is 1. The Kier molecular flexibility index (Phi) is 10.0. The number of aliphatic hydroxyl groups excluding tert-OH is 2. The minimum absolute atomic E-state index is 0.0439. The highest BCUT2D eigenvalue weighted by molar-refractivity contribution is 6.00. The molecule has 0 aromatic heterocycles. The van der Waals surface area contributed by atoms with Crippen LogP contribution in [-0.2, 0) is 20.9 Å². The molecule has 4 rings (SSSR count). The molecule has 194 valence electrons. The minimum atomic E-state index is -0.784. The van der Waals surface area contributed by atoms with E-state index < -0.39 is 17.8 Å². The van der Waals surface area contributed by atoms with Crippen LogP contribution in [0.5, 0.6) is 0 Å². The van der Waals surface area contributed by atoms with Crippen LogP contribution in [0.3, 0.4) is 0 Å². The van der Waals surface area contributed by atoms with Gasteiger partial charge in [-0.05, 0) is 56.6 Å². The lowest BCUT2D eigenvalue weighted by atomic mass is 9.90. The molecule has 0 bridgehead atoms. The topological polar surface area (TPSA) is 110 Å². The number of anilines is 1. The van der Waals surface area contributed by atoms with E-state index in [1.165, 1.54) is 37.0 Å². The van der Waals surface area contributed by atoms with E-state index in [-0.39, 0.29) is 31.4 Å². The van der Waals surface area contributed by atoms with Crippen molar-refractivity contribution in [2.24, 2.45) is 5.92 Å². The van der Waals surface area contributed by atoms with E-state index in [1.54, 1.807) is 19.1 Å². The van der Waals surface area contributed by atoms with Crippen LogP contribution in [0.4, 0.5) is 10.1 Å². The average molecular weight is 492 g/mol. The summed E-state index contributed by atoms with van der Waals surface area (Å²) in [5.41, 5.74) is 1.49. The largest absolute Gasteiger partial charge is 0.396 e. The Balaban J connectivity index is 0.000000363. The van der Waals surface area contributed by atoms with Crippen LogP contribution in [0.2, 0.25) is 0 Å². The van der Waals surface area contributed by atoms with Gasteiger partial charge >= 0.3 is 0 Å². The first-order valence-electron chi connectivity index (χ1n) is 12.7. The number of hydrogen-bond donors (Lipinski definition) is 3. The zero-order valence-electron chi connectivity index (χ0n) is 20.5. The standard InChI is InChI=1S/C19H24FN3O4.C7H14O/c1-12-2-3-15(22-8-6-13(25)7-9-22)18(20)14(12)10-23(11-24)16-4-5-17(26)21-19(16)27;8-6-7-4-2-1-3-5-7/h2-3,11,13,16,25H,4-10H2,1H3,(H,21,26,27);7-8H,1-6H2. The zero-order valence-corrected chi connectivity index (χ0v) is 20.5. The molecule has 8 nitrogen and oxygen atoms in total. The molecule has 1 atom stereocenters. The molecule has 3 N–H and O–H groups in total. The maximum absolute atomic E-state index is 15.2. The summed E-state index contributed by atoms with van der Waals surface area (Å²) in [5.74, 6) is -0.661. The molecule has 3 amide bonds. The normalized spacial score (nSPS) is 21.7. The number of carbonyl (C=O) groups excluding carboxylic acids is 3. The molecule has 9 heteroatoms. The first-order chi connectivity index (χ1) is 16.8. The van der Waals surface area contributed by atoms with Crippen molar-refractivity contribution in [3.05, 3.63) is 29.1 Å². The zero-order chi connectivity index (χ0) is 25.4. The van der Waals surface area contributed by atoms with Gasteiger partial charge < -0.3 is 20.0 Å². The molecule has 35 heavy (non-hydrogen) atoms. The van der Waals surface area contributed by atoms with Crippen molar-refractivity contribution in [2.75, 3.05) is 24.6 Å². The van der Waals surface area contributed by atoms with Gasteiger partial charge in [-0.3, -0.25) is 19.7 Å². The lowest BCUT2D eigenvalue weighted by Crippen LogP contribution is -2.51. The molecule has 1 aliphatic carbocycles. The second kappa shape index (κ2) is 13.0. The number of nitrogens with zero attached hydrogens (tertiary/aromatic N) is 2. The van der Waals surface area contributed by atoms with E-state index >= 15 is 4.39 Å². The summed E-state index contributed by atoms with van der Waals surface area (Å²) < 4.78 is 15.2. The molecular formula is C26H38FN3O5. The van der Waals surface area contributed by atoms with Crippen LogP contribution in [0.15, 0.2) is 12.1 Å².